The van der Waals surface area contributed by atoms with E-state index in [0.717, 1.165) is 68.6 Å². The van der Waals surface area contributed by atoms with Crippen molar-refractivity contribution >= 4 is 39.0 Å². The first-order valence-corrected chi connectivity index (χ1v) is 16.0. The first-order chi connectivity index (χ1) is 22.5. The number of carbonyl (C=O) groups excluding carboxylic acids is 1. The molecule has 1 heterocycles. The van der Waals surface area contributed by atoms with Gasteiger partial charge in [0.1, 0.15) is 5.75 Å². The average molecular weight is 703 g/mol. The molecule has 0 aromatic heterocycles. The van der Waals surface area contributed by atoms with Crippen LogP contribution in [0.4, 0.5) is 43.4 Å². The highest BCUT2D eigenvalue weighted by Crippen LogP contribution is 2.34. The summed E-state index contributed by atoms with van der Waals surface area (Å²) in [4.78, 5) is 26.1. The minimum Gasteiger partial charge on any atom is -0.495 e. The second-order valence-electron chi connectivity index (χ2n) is 11.1. The SMILES string of the molecule is COc1ccc(NS(=O)(=O)c2ccc(C(=O)Nc3ccc(C(F)(F)F)cc3)cc2)cc1N1CCN(CC2CC2)CC1.O=C(O)C(F)(F)F. The molecule has 48 heavy (non-hydrogen) atoms. The van der Waals surface area contributed by atoms with E-state index < -0.39 is 39.8 Å². The summed E-state index contributed by atoms with van der Waals surface area (Å²) in [5.74, 6) is -1.85. The number of halogens is 6. The summed E-state index contributed by atoms with van der Waals surface area (Å²) >= 11 is 0. The monoisotopic (exact) mass is 702 g/mol. The molecule has 0 spiro atoms. The Balaban J connectivity index is 0.000000671. The molecule has 0 bridgehead atoms. The molecule has 0 atom stereocenters. The number of hydrogen-bond donors (Lipinski definition) is 3. The molecule has 3 aromatic rings. The first kappa shape index (κ1) is 36.3. The smallest absolute Gasteiger partial charge is 0.490 e. The highest BCUT2D eigenvalue weighted by atomic mass is 32.2. The van der Waals surface area contributed by atoms with Crippen molar-refractivity contribution in [3.8, 4) is 5.75 Å². The highest BCUT2D eigenvalue weighted by Gasteiger charge is 2.38. The molecule has 260 valence electrons. The van der Waals surface area contributed by atoms with Gasteiger partial charge in [-0.15, -0.1) is 0 Å². The number of carboxylic acid groups (broad SMARTS) is 1. The van der Waals surface area contributed by atoms with Gasteiger partial charge in [0.15, 0.2) is 0 Å². The third-order valence-electron chi connectivity index (χ3n) is 7.50. The van der Waals surface area contributed by atoms with Gasteiger partial charge in [0.2, 0.25) is 0 Å². The fraction of sp³-hybridized carbons (Fsp3) is 0.355. The van der Waals surface area contributed by atoms with Crippen LogP contribution >= 0.6 is 0 Å². The van der Waals surface area contributed by atoms with Crippen LogP contribution in [0.2, 0.25) is 0 Å². The number of ether oxygens (including phenoxy) is 1. The molecular weight excluding hydrogens is 670 g/mol. The van der Waals surface area contributed by atoms with Gasteiger partial charge >= 0.3 is 18.3 Å². The average Bonchev–Trinajstić information content (AvgIpc) is 3.85. The Morgan fingerprint density at radius 3 is 1.94 bits per heavy atom. The van der Waals surface area contributed by atoms with Gasteiger partial charge in [-0.05, 0) is 85.5 Å². The Labute approximate surface area is 272 Å². The molecule has 17 heteroatoms. The van der Waals surface area contributed by atoms with Crippen molar-refractivity contribution in [2.24, 2.45) is 5.92 Å². The number of benzene rings is 3. The maximum atomic E-state index is 13.1. The number of amides is 1. The number of methoxy groups -OCH3 is 1. The standard InChI is InChI=1S/C29H31F3N4O4S.C2HF3O2/c1-40-27-13-10-24(18-26(27)36-16-14-35(15-17-36)19-20-2-3-20)34-41(38,39)25-11-4-21(5-12-25)28(37)33-23-8-6-22(7-9-23)29(30,31)32;3-2(4,5)1(6)7/h4-13,18,20,34H,2-3,14-17,19H2,1H3,(H,33,37);(H,6,7). The van der Waals surface area contributed by atoms with Crippen molar-refractivity contribution < 1.29 is 54.2 Å². The van der Waals surface area contributed by atoms with Crippen LogP contribution in [-0.4, -0.2) is 76.3 Å². The number of carboxylic acids is 1. The largest absolute Gasteiger partial charge is 0.495 e. The maximum absolute atomic E-state index is 13.1. The van der Waals surface area contributed by atoms with Crippen LogP contribution in [0.5, 0.6) is 5.75 Å². The van der Waals surface area contributed by atoms with Crippen LogP contribution < -0.4 is 19.7 Å². The third kappa shape index (κ3) is 10.00. The van der Waals surface area contributed by atoms with Gasteiger partial charge in [-0.2, -0.15) is 26.3 Å². The van der Waals surface area contributed by atoms with E-state index in [2.05, 4.69) is 19.8 Å². The lowest BCUT2D eigenvalue weighted by Gasteiger charge is -2.36. The molecule has 10 nitrogen and oxygen atoms in total. The molecule has 2 fully saturated rings. The van der Waals surface area contributed by atoms with Crippen molar-refractivity contribution in [2.45, 2.75) is 30.1 Å². The lowest BCUT2D eigenvalue weighted by atomic mass is 10.2. The van der Waals surface area contributed by atoms with Crippen molar-refractivity contribution in [3.63, 3.8) is 0 Å². The summed E-state index contributed by atoms with van der Waals surface area (Å²) in [6.07, 6.45) is -6.93. The second-order valence-corrected chi connectivity index (χ2v) is 12.8. The number of rotatable bonds is 9. The number of nitrogens with zero attached hydrogens (tertiary/aromatic N) is 2. The highest BCUT2D eigenvalue weighted by molar-refractivity contribution is 7.92. The summed E-state index contributed by atoms with van der Waals surface area (Å²) in [7, 11) is -2.39. The minimum atomic E-state index is -5.08. The first-order valence-electron chi connectivity index (χ1n) is 14.5. The third-order valence-corrected chi connectivity index (χ3v) is 8.89. The Morgan fingerprint density at radius 2 is 1.44 bits per heavy atom. The van der Waals surface area contributed by atoms with Gasteiger partial charge < -0.3 is 20.1 Å². The van der Waals surface area contributed by atoms with Crippen molar-refractivity contribution in [1.29, 1.82) is 0 Å². The van der Waals surface area contributed by atoms with E-state index in [4.69, 9.17) is 14.6 Å². The number of anilines is 3. The molecule has 5 rings (SSSR count). The van der Waals surface area contributed by atoms with Crippen molar-refractivity contribution in [3.05, 3.63) is 77.9 Å². The zero-order valence-corrected chi connectivity index (χ0v) is 26.3. The van der Waals surface area contributed by atoms with Gasteiger partial charge in [0, 0.05) is 44.0 Å². The van der Waals surface area contributed by atoms with Crippen LogP contribution in [0, 0.1) is 5.92 Å². The Kier molecular flexibility index (Phi) is 11.1. The van der Waals surface area contributed by atoms with Crippen LogP contribution in [0.25, 0.3) is 0 Å². The molecule has 1 amide bonds. The Hall–Kier alpha value is -4.51. The van der Waals surface area contributed by atoms with Gasteiger partial charge in [0.05, 0.1) is 28.9 Å². The summed E-state index contributed by atoms with van der Waals surface area (Å²) < 4.78 is 104. The van der Waals surface area contributed by atoms with Crippen LogP contribution in [0.1, 0.15) is 28.8 Å². The predicted molar refractivity (Wildman–Crippen MR) is 165 cm³/mol. The number of alkyl halides is 6. The van der Waals surface area contributed by atoms with Gasteiger partial charge in [0.25, 0.3) is 15.9 Å². The molecule has 1 saturated carbocycles. The molecule has 3 aromatic carbocycles. The molecule has 2 aliphatic rings. The molecule has 1 aliphatic heterocycles. The fourth-order valence-electron chi connectivity index (χ4n) is 4.78. The van der Waals surface area contributed by atoms with E-state index in [1.54, 1.807) is 25.3 Å². The van der Waals surface area contributed by atoms with Crippen molar-refractivity contribution in [2.75, 3.05) is 54.8 Å². The maximum Gasteiger partial charge on any atom is 0.490 e. The van der Waals surface area contributed by atoms with E-state index in [0.29, 0.717) is 11.4 Å². The van der Waals surface area contributed by atoms with E-state index in [9.17, 15) is 39.6 Å². The normalized spacial score (nSPS) is 15.6. The fourth-order valence-corrected chi connectivity index (χ4v) is 5.83. The van der Waals surface area contributed by atoms with Crippen LogP contribution in [-0.2, 0) is 21.0 Å². The minimum absolute atomic E-state index is 0.0466. The van der Waals surface area contributed by atoms with Crippen LogP contribution in [0.15, 0.2) is 71.6 Å². The zero-order valence-electron chi connectivity index (χ0n) is 25.4. The second kappa shape index (κ2) is 14.7. The zero-order chi connectivity index (χ0) is 35.3. The van der Waals surface area contributed by atoms with E-state index in [1.165, 1.54) is 37.1 Å². The lowest BCUT2D eigenvalue weighted by molar-refractivity contribution is -0.192. The Morgan fingerprint density at radius 1 is 0.875 bits per heavy atom. The summed E-state index contributed by atoms with van der Waals surface area (Å²) in [5.41, 5.74) is 0.699. The summed E-state index contributed by atoms with van der Waals surface area (Å²) in [6, 6.07) is 14.5. The van der Waals surface area contributed by atoms with E-state index in [-0.39, 0.29) is 16.1 Å². The van der Waals surface area contributed by atoms with Gasteiger partial charge in [-0.1, -0.05) is 0 Å². The quantitative estimate of drug-likeness (QED) is 0.234. The molecular formula is C31H32F6N4O6S. The number of aliphatic carboxylic acids is 1. The topological polar surface area (TPSA) is 128 Å². The molecule has 0 radical (unpaired) electrons. The lowest BCUT2D eigenvalue weighted by Crippen LogP contribution is -2.47. The van der Waals surface area contributed by atoms with E-state index in [1.807, 2.05) is 0 Å². The molecule has 0 unspecified atom stereocenters. The van der Waals surface area contributed by atoms with Gasteiger partial charge in [-0.3, -0.25) is 14.4 Å². The molecule has 1 saturated heterocycles. The molecule has 3 N–H and O–H groups in total. The van der Waals surface area contributed by atoms with E-state index >= 15 is 0 Å². The van der Waals surface area contributed by atoms with Gasteiger partial charge in [-0.25, -0.2) is 13.2 Å². The van der Waals surface area contributed by atoms with Crippen LogP contribution in [0.3, 0.4) is 0 Å². The number of nitrogens with one attached hydrogen (secondary N) is 2. The summed E-state index contributed by atoms with van der Waals surface area (Å²) in [6.45, 7) is 4.65. The number of hydrogen-bond acceptors (Lipinski definition) is 7. The number of carbonyl (C=O) groups is 2. The predicted octanol–water partition coefficient (Wildman–Crippen LogP) is 5.93. The summed E-state index contributed by atoms with van der Waals surface area (Å²) in [5, 5.41) is 9.63. The number of sulfonamides is 1. The molecule has 1 aliphatic carbocycles. The van der Waals surface area contributed by atoms with Crippen molar-refractivity contribution in [1.82, 2.24) is 4.90 Å². The Bertz CT molecular complexity index is 1690. The number of piperazine rings is 1.